The van der Waals surface area contributed by atoms with Gasteiger partial charge in [0, 0.05) is 19.0 Å². The zero-order valence-corrected chi connectivity index (χ0v) is 16.2. The van der Waals surface area contributed by atoms with Gasteiger partial charge in [0.05, 0.1) is 23.4 Å². The molecule has 1 fully saturated rings. The number of para-hydroxylation sites is 1. The van der Waals surface area contributed by atoms with Crippen molar-refractivity contribution in [3.63, 3.8) is 0 Å². The van der Waals surface area contributed by atoms with Crippen LogP contribution in [0.25, 0.3) is 0 Å². The summed E-state index contributed by atoms with van der Waals surface area (Å²) in [5.41, 5.74) is 2.26. The van der Waals surface area contributed by atoms with Crippen molar-refractivity contribution in [1.82, 2.24) is 0 Å². The third kappa shape index (κ3) is 2.86. The summed E-state index contributed by atoms with van der Waals surface area (Å²) >= 11 is 0. The third-order valence-electron chi connectivity index (χ3n) is 5.22. The number of fused-ring (bicyclic) bond motifs is 1. The van der Waals surface area contributed by atoms with E-state index in [9.17, 15) is 13.2 Å². The van der Waals surface area contributed by atoms with E-state index in [2.05, 4.69) is 0 Å². The molecule has 1 unspecified atom stereocenters. The van der Waals surface area contributed by atoms with Crippen LogP contribution in [0.5, 0.6) is 5.75 Å². The molecule has 1 amide bonds. The van der Waals surface area contributed by atoms with Crippen LogP contribution in [-0.2, 0) is 21.2 Å². The van der Waals surface area contributed by atoms with E-state index in [0.29, 0.717) is 30.8 Å². The number of hydrogen-bond donors (Lipinski definition) is 0. The van der Waals surface area contributed by atoms with Crippen molar-refractivity contribution >= 4 is 27.3 Å². The Kier molecular flexibility index (Phi) is 4.34. The Morgan fingerprint density at radius 3 is 2.59 bits per heavy atom. The second-order valence-corrected chi connectivity index (χ2v) is 8.78. The Bertz CT molecular complexity index is 1000. The summed E-state index contributed by atoms with van der Waals surface area (Å²) in [7, 11) is -2.24. The first-order valence-electron chi connectivity index (χ1n) is 9.04. The van der Waals surface area contributed by atoms with Gasteiger partial charge in [-0.15, -0.1) is 0 Å². The molecule has 1 atom stereocenters. The monoisotopic (exact) mass is 386 g/mol. The molecule has 0 bridgehead atoms. The number of nitrogens with zero attached hydrogens (tertiary/aromatic N) is 2. The van der Waals surface area contributed by atoms with Crippen molar-refractivity contribution in [2.75, 3.05) is 22.9 Å². The smallest absolute Gasteiger partial charge is 0.264 e. The number of sulfonamides is 1. The minimum Gasteiger partial charge on any atom is -0.495 e. The van der Waals surface area contributed by atoms with Crippen molar-refractivity contribution in [2.24, 2.45) is 0 Å². The highest BCUT2D eigenvalue weighted by Crippen LogP contribution is 2.39. The van der Waals surface area contributed by atoms with Crippen molar-refractivity contribution in [3.8, 4) is 5.75 Å². The number of anilines is 2. The van der Waals surface area contributed by atoms with Crippen LogP contribution in [0.15, 0.2) is 47.4 Å². The zero-order chi connectivity index (χ0) is 19.2. The molecule has 0 saturated carbocycles. The maximum atomic E-state index is 13.4. The largest absolute Gasteiger partial charge is 0.495 e. The summed E-state index contributed by atoms with van der Waals surface area (Å²) in [6, 6.07) is 12.1. The maximum Gasteiger partial charge on any atom is 0.264 e. The molecule has 2 aliphatic rings. The molecule has 6 nitrogen and oxygen atoms in total. The van der Waals surface area contributed by atoms with E-state index < -0.39 is 10.0 Å². The molecule has 0 aliphatic carbocycles. The standard InChI is InChI=1S/C20H22N2O4S/c1-14-12-15-6-3-4-7-17(15)22(14)27(24,25)16-9-10-19(26-2)18(13-16)21-11-5-8-20(21)23/h3-4,6-7,9-10,13-14H,5,8,11-12H2,1-2H3. The summed E-state index contributed by atoms with van der Waals surface area (Å²) in [6.07, 6.45) is 1.91. The molecule has 0 spiro atoms. The first-order chi connectivity index (χ1) is 12.9. The summed E-state index contributed by atoms with van der Waals surface area (Å²) in [4.78, 5) is 14.0. The molecule has 0 aromatic heterocycles. The van der Waals surface area contributed by atoms with Gasteiger partial charge in [-0.3, -0.25) is 9.10 Å². The van der Waals surface area contributed by atoms with Gasteiger partial charge in [0.15, 0.2) is 0 Å². The SMILES string of the molecule is COc1ccc(S(=O)(=O)N2c3ccccc3CC2C)cc1N1CCCC1=O. The van der Waals surface area contributed by atoms with E-state index in [1.165, 1.54) is 11.4 Å². The predicted molar refractivity (Wildman–Crippen MR) is 104 cm³/mol. The van der Waals surface area contributed by atoms with Gasteiger partial charge in [0.1, 0.15) is 5.75 Å². The van der Waals surface area contributed by atoms with Gasteiger partial charge in [-0.1, -0.05) is 18.2 Å². The molecule has 142 valence electrons. The fraction of sp³-hybridized carbons (Fsp3) is 0.350. The van der Waals surface area contributed by atoms with Crippen LogP contribution in [-0.4, -0.2) is 34.0 Å². The summed E-state index contributed by atoms with van der Waals surface area (Å²) in [5.74, 6) is 0.488. The summed E-state index contributed by atoms with van der Waals surface area (Å²) < 4.78 is 33.7. The molecule has 7 heteroatoms. The van der Waals surface area contributed by atoms with E-state index in [0.717, 1.165) is 17.7 Å². The highest BCUT2D eigenvalue weighted by atomic mass is 32.2. The lowest BCUT2D eigenvalue weighted by molar-refractivity contribution is -0.117. The van der Waals surface area contributed by atoms with Crippen molar-refractivity contribution in [3.05, 3.63) is 48.0 Å². The van der Waals surface area contributed by atoms with Crippen LogP contribution in [0.3, 0.4) is 0 Å². The lowest BCUT2D eigenvalue weighted by atomic mass is 10.1. The van der Waals surface area contributed by atoms with Crippen LogP contribution >= 0.6 is 0 Å². The van der Waals surface area contributed by atoms with Crippen molar-refractivity contribution in [2.45, 2.75) is 37.1 Å². The highest BCUT2D eigenvalue weighted by Gasteiger charge is 2.36. The Hall–Kier alpha value is -2.54. The first kappa shape index (κ1) is 17.9. The quantitative estimate of drug-likeness (QED) is 0.810. The van der Waals surface area contributed by atoms with E-state index in [-0.39, 0.29) is 16.8 Å². The number of ether oxygens (including phenoxy) is 1. The average molecular weight is 386 g/mol. The molecule has 2 aromatic rings. The van der Waals surface area contributed by atoms with Crippen LogP contribution in [0.2, 0.25) is 0 Å². The molecular formula is C20H22N2O4S. The molecule has 1 saturated heterocycles. The molecule has 2 aliphatic heterocycles. The van der Waals surface area contributed by atoms with Crippen LogP contribution < -0.4 is 13.9 Å². The Morgan fingerprint density at radius 2 is 1.89 bits per heavy atom. The maximum absolute atomic E-state index is 13.4. The fourth-order valence-electron chi connectivity index (χ4n) is 3.96. The number of benzene rings is 2. The number of carbonyl (C=O) groups is 1. The van der Waals surface area contributed by atoms with Crippen molar-refractivity contribution in [1.29, 1.82) is 0 Å². The molecule has 2 aromatic carbocycles. The summed E-state index contributed by atoms with van der Waals surface area (Å²) in [5, 5.41) is 0. The van der Waals surface area contributed by atoms with Gasteiger partial charge in [0.2, 0.25) is 5.91 Å². The fourth-order valence-corrected chi connectivity index (χ4v) is 5.67. The second-order valence-electron chi connectivity index (χ2n) is 6.97. The number of carbonyl (C=O) groups excluding carboxylic acids is 1. The van der Waals surface area contributed by atoms with Gasteiger partial charge in [-0.25, -0.2) is 8.42 Å². The number of methoxy groups -OCH3 is 1. The second kappa shape index (κ2) is 6.56. The zero-order valence-electron chi connectivity index (χ0n) is 15.4. The lowest BCUT2D eigenvalue weighted by Crippen LogP contribution is -2.36. The molecule has 0 radical (unpaired) electrons. The molecule has 4 rings (SSSR count). The van der Waals surface area contributed by atoms with Gasteiger partial charge < -0.3 is 9.64 Å². The lowest BCUT2D eigenvalue weighted by Gasteiger charge is -2.26. The van der Waals surface area contributed by atoms with E-state index in [4.69, 9.17) is 4.74 Å². The van der Waals surface area contributed by atoms with Gasteiger partial charge in [-0.05, 0) is 49.6 Å². The molecule has 0 N–H and O–H groups in total. The van der Waals surface area contributed by atoms with Crippen LogP contribution in [0.4, 0.5) is 11.4 Å². The first-order valence-corrected chi connectivity index (χ1v) is 10.5. The van der Waals surface area contributed by atoms with Gasteiger partial charge in [-0.2, -0.15) is 0 Å². The van der Waals surface area contributed by atoms with E-state index in [1.54, 1.807) is 23.1 Å². The Balaban J connectivity index is 1.80. The topological polar surface area (TPSA) is 66.9 Å². The molecular weight excluding hydrogens is 364 g/mol. The minimum atomic E-state index is -3.76. The van der Waals surface area contributed by atoms with Gasteiger partial charge in [0.25, 0.3) is 10.0 Å². The van der Waals surface area contributed by atoms with Crippen molar-refractivity contribution < 1.29 is 17.9 Å². The summed E-state index contributed by atoms with van der Waals surface area (Å²) in [6.45, 7) is 2.48. The third-order valence-corrected chi connectivity index (χ3v) is 7.14. The molecule has 27 heavy (non-hydrogen) atoms. The Morgan fingerprint density at radius 1 is 1.11 bits per heavy atom. The number of amides is 1. The number of rotatable bonds is 4. The molecule has 2 heterocycles. The van der Waals surface area contributed by atoms with E-state index in [1.807, 2.05) is 31.2 Å². The minimum absolute atomic E-state index is 0.0114. The van der Waals surface area contributed by atoms with Crippen LogP contribution in [0, 0.1) is 0 Å². The van der Waals surface area contributed by atoms with E-state index >= 15 is 0 Å². The highest BCUT2D eigenvalue weighted by molar-refractivity contribution is 7.92. The average Bonchev–Trinajstić information content (AvgIpc) is 3.23. The number of hydrogen-bond acceptors (Lipinski definition) is 4. The van der Waals surface area contributed by atoms with Crippen LogP contribution in [0.1, 0.15) is 25.3 Å². The van der Waals surface area contributed by atoms with Gasteiger partial charge >= 0.3 is 0 Å². The Labute approximate surface area is 159 Å². The predicted octanol–water partition coefficient (Wildman–Crippen LogP) is 2.96. The normalized spacial score (nSPS) is 19.5.